The van der Waals surface area contributed by atoms with Gasteiger partial charge in [0, 0.05) is 30.5 Å². The lowest BCUT2D eigenvalue weighted by atomic mass is 9.81. The summed E-state index contributed by atoms with van der Waals surface area (Å²) in [6.07, 6.45) is 5.80. The minimum Gasteiger partial charge on any atom is -0.342 e. The Hall–Kier alpha value is -2.75. The lowest BCUT2D eigenvalue weighted by molar-refractivity contribution is -0.136. The molecule has 3 atom stereocenters. The number of amides is 2. The zero-order valence-electron chi connectivity index (χ0n) is 22.1. The third kappa shape index (κ3) is 5.27. The number of anilines is 1. The van der Waals surface area contributed by atoms with Crippen LogP contribution in [-0.2, 0) is 15.0 Å². The molecular weight excluding hydrogens is 444 g/mol. The summed E-state index contributed by atoms with van der Waals surface area (Å²) in [6, 6.07) is 1.42. The molecular formula is C25H40N8O2. The van der Waals surface area contributed by atoms with Crippen LogP contribution >= 0.6 is 0 Å². The van der Waals surface area contributed by atoms with Gasteiger partial charge in [0.05, 0.1) is 11.7 Å². The number of hydrogen-bond donors (Lipinski definition) is 3. The molecule has 0 radical (unpaired) electrons. The number of aromatic nitrogens is 4. The van der Waals surface area contributed by atoms with Crippen LogP contribution < -0.4 is 16.0 Å². The first-order chi connectivity index (χ1) is 16.3. The average molecular weight is 485 g/mol. The zero-order valence-corrected chi connectivity index (χ0v) is 22.1. The van der Waals surface area contributed by atoms with Crippen molar-refractivity contribution in [3.05, 3.63) is 18.1 Å². The number of rotatable bonds is 5. The van der Waals surface area contributed by atoms with Crippen molar-refractivity contribution in [3.8, 4) is 0 Å². The SMILES string of the molecule is CC(=O)N[C@]1(NC(C)(C)C)CCCC[C@@H]1N1CCC(Nc2ncnc3cc(C(C)(C)C)nn23)C1=O. The Morgan fingerprint density at radius 2 is 1.86 bits per heavy atom. The van der Waals surface area contributed by atoms with Crippen molar-refractivity contribution in [2.75, 3.05) is 11.9 Å². The summed E-state index contributed by atoms with van der Waals surface area (Å²) in [7, 11) is 0. The van der Waals surface area contributed by atoms with Crippen molar-refractivity contribution in [3.63, 3.8) is 0 Å². The van der Waals surface area contributed by atoms with Crippen molar-refractivity contribution >= 4 is 23.4 Å². The Morgan fingerprint density at radius 1 is 1.11 bits per heavy atom. The molecule has 4 rings (SSSR count). The molecule has 0 bridgehead atoms. The second kappa shape index (κ2) is 9.04. The fraction of sp³-hybridized carbons (Fsp3) is 0.720. The van der Waals surface area contributed by atoms with E-state index in [2.05, 4.69) is 67.5 Å². The first-order valence-electron chi connectivity index (χ1n) is 12.7. The van der Waals surface area contributed by atoms with E-state index in [0.717, 1.165) is 31.4 Å². The number of carbonyl (C=O) groups excluding carboxylic acids is 2. The number of hydrogen-bond acceptors (Lipinski definition) is 7. The maximum absolute atomic E-state index is 13.7. The summed E-state index contributed by atoms with van der Waals surface area (Å²) >= 11 is 0. The Kier molecular flexibility index (Phi) is 6.54. The molecule has 3 N–H and O–H groups in total. The Morgan fingerprint density at radius 3 is 2.51 bits per heavy atom. The summed E-state index contributed by atoms with van der Waals surface area (Å²) in [6.45, 7) is 14.7. The standard InChI is InChI=1S/C25H40N8O2/c1-16(34)29-25(31-24(5,6)7)12-9-8-10-19(25)32-13-11-17(21(32)35)28-22-27-15-26-20-14-18(23(2,3)4)30-33(20)22/h14-15,17,19,31H,8-13H2,1-7H3,(H,29,34)(H,26,27,28)/t17?,19-,25-/m0/s1. The van der Waals surface area contributed by atoms with E-state index < -0.39 is 11.7 Å². The second-order valence-electron chi connectivity index (χ2n) is 12.1. The Labute approximate surface area is 207 Å². The first kappa shape index (κ1) is 25.3. The highest BCUT2D eigenvalue weighted by Gasteiger charge is 2.50. The Balaban J connectivity index is 1.59. The minimum absolute atomic E-state index is 0.0253. The van der Waals surface area contributed by atoms with Crippen molar-refractivity contribution in [2.24, 2.45) is 0 Å². The van der Waals surface area contributed by atoms with Crippen LogP contribution in [-0.4, -0.2) is 66.1 Å². The predicted octanol–water partition coefficient (Wildman–Crippen LogP) is 2.60. The lowest BCUT2D eigenvalue weighted by Crippen LogP contribution is -2.74. The summed E-state index contributed by atoms with van der Waals surface area (Å²) in [4.78, 5) is 36.6. The summed E-state index contributed by atoms with van der Waals surface area (Å²) in [5.41, 5.74) is 0.602. The maximum Gasteiger partial charge on any atom is 0.245 e. The fourth-order valence-electron chi connectivity index (χ4n) is 5.47. The molecule has 0 aromatic carbocycles. The first-order valence-corrected chi connectivity index (χ1v) is 12.7. The summed E-state index contributed by atoms with van der Waals surface area (Å²) < 4.78 is 1.68. The van der Waals surface area contributed by atoms with E-state index in [4.69, 9.17) is 5.10 Å². The smallest absolute Gasteiger partial charge is 0.245 e. The van der Waals surface area contributed by atoms with Gasteiger partial charge in [-0.05, 0) is 46.5 Å². The normalized spacial score (nSPS) is 25.8. The molecule has 0 spiro atoms. The minimum atomic E-state index is -0.654. The fourth-order valence-corrected chi connectivity index (χ4v) is 5.47. The number of carbonyl (C=O) groups is 2. The monoisotopic (exact) mass is 484 g/mol. The molecule has 3 heterocycles. The molecule has 1 saturated heterocycles. The molecule has 2 aromatic rings. The van der Waals surface area contributed by atoms with E-state index >= 15 is 0 Å². The number of likely N-dealkylation sites (tertiary alicyclic amines) is 1. The van der Waals surface area contributed by atoms with Crippen molar-refractivity contribution in [1.82, 2.24) is 35.1 Å². The van der Waals surface area contributed by atoms with Crippen molar-refractivity contribution < 1.29 is 9.59 Å². The average Bonchev–Trinajstić information content (AvgIpc) is 3.31. The van der Waals surface area contributed by atoms with E-state index in [1.165, 1.54) is 6.33 Å². The molecule has 1 saturated carbocycles. The van der Waals surface area contributed by atoms with Gasteiger partial charge in [-0.1, -0.05) is 27.2 Å². The van der Waals surface area contributed by atoms with Crippen LogP contribution in [0.15, 0.2) is 12.4 Å². The predicted molar refractivity (Wildman–Crippen MR) is 135 cm³/mol. The van der Waals surface area contributed by atoms with Crippen LogP contribution in [0.5, 0.6) is 0 Å². The third-order valence-corrected chi connectivity index (χ3v) is 6.81. The van der Waals surface area contributed by atoms with Crippen molar-refractivity contribution in [1.29, 1.82) is 0 Å². The maximum atomic E-state index is 13.7. The third-order valence-electron chi connectivity index (χ3n) is 6.81. The highest BCUT2D eigenvalue weighted by Crippen LogP contribution is 2.35. The van der Waals surface area contributed by atoms with Gasteiger partial charge in [0.2, 0.25) is 17.8 Å². The van der Waals surface area contributed by atoms with Crippen LogP contribution in [0.1, 0.15) is 86.3 Å². The molecule has 35 heavy (non-hydrogen) atoms. The van der Waals surface area contributed by atoms with E-state index in [1.54, 1.807) is 11.4 Å². The topological polar surface area (TPSA) is 117 Å². The highest BCUT2D eigenvalue weighted by molar-refractivity contribution is 5.87. The van der Waals surface area contributed by atoms with Gasteiger partial charge in [-0.3, -0.25) is 14.9 Å². The highest BCUT2D eigenvalue weighted by atomic mass is 16.2. The number of nitrogens with one attached hydrogen (secondary N) is 3. The van der Waals surface area contributed by atoms with Gasteiger partial charge in [-0.2, -0.15) is 9.61 Å². The van der Waals surface area contributed by atoms with E-state index in [1.807, 2.05) is 11.0 Å². The van der Waals surface area contributed by atoms with Crippen LogP contribution in [0.4, 0.5) is 5.95 Å². The molecule has 1 unspecified atom stereocenters. The van der Waals surface area contributed by atoms with Gasteiger partial charge in [-0.25, -0.2) is 9.97 Å². The second-order valence-corrected chi connectivity index (χ2v) is 12.1. The molecule has 1 aliphatic carbocycles. The van der Waals surface area contributed by atoms with Crippen LogP contribution in [0.3, 0.4) is 0 Å². The molecule has 1 aliphatic heterocycles. The summed E-state index contributed by atoms with van der Waals surface area (Å²) in [5.74, 6) is 0.444. The van der Waals surface area contributed by atoms with E-state index in [9.17, 15) is 9.59 Å². The molecule has 10 heteroatoms. The Bertz CT molecular complexity index is 1100. The largest absolute Gasteiger partial charge is 0.342 e. The summed E-state index contributed by atoms with van der Waals surface area (Å²) in [5, 5.41) is 14.9. The lowest BCUT2D eigenvalue weighted by Gasteiger charge is -2.51. The molecule has 10 nitrogen and oxygen atoms in total. The van der Waals surface area contributed by atoms with Crippen molar-refractivity contribution in [2.45, 2.75) is 109 Å². The van der Waals surface area contributed by atoms with Gasteiger partial charge in [0.15, 0.2) is 5.65 Å². The zero-order chi connectivity index (χ0) is 25.6. The van der Waals surface area contributed by atoms with Gasteiger partial charge in [0.1, 0.15) is 18.0 Å². The molecule has 2 amide bonds. The molecule has 192 valence electrons. The van der Waals surface area contributed by atoms with Gasteiger partial charge < -0.3 is 15.5 Å². The van der Waals surface area contributed by atoms with E-state index in [-0.39, 0.29) is 28.8 Å². The van der Waals surface area contributed by atoms with Gasteiger partial charge in [0.25, 0.3) is 0 Å². The number of nitrogens with zero attached hydrogens (tertiary/aromatic N) is 5. The van der Waals surface area contributed by atoms with E-state index in [0.29, 0.717) is 24.6 Å². The molecule has 2 aromatic heterocycles. The van der Waals surface area contributed by atoms with Gasteiger partial charge >= 0.3 is 0 Å². The number of fused-ring (bicyclic) bond motifs is 1. The van der Waals surface area contributed by atoms with Gasteiger partial charge in [-0.15, -0.1) is 0 Å². The van der Waals surface area contributed by atoms with Crippen LogP contribution in [0.2, 0.25) is 0 Å². The van der Waals surface area contributed by atoms with Crippen LogP contribution in [0, 0.1) is 0 Å². The quantitative estimate of drug-likeness (QED) is 0.559. The molecule has 2 aliphatic rings. The molecule has 2 fully saturated rings. The van der Waals surface area contributed by atoms with Crippen LogP contribution in [0.25, 0.3) is 5.65 Å².